The minimum Gasteiger partial charge on any atom is -0.381 e. The Morgan fingerprint density at radius 2 is 1.91 bits per heavy atom. The van der Waals surface area contributed by atoms with Crippen molar-refractivity contribution in [2.45, 2.75) is 18.9 Å². The summed E-state index contributed by atoms with van der Waals surface area (Å²) in [6.07, 6.45) is 4.22. The molecule has 4 rings (SSSR count). The zero-order chi connectivity index (χ0) is 22.5. The first-order valence-corrected chi connectivity index (χ1v) is 10.5. The molecule has 1 amide bonds. The van der Waals surface area contributed by atoms with Crippen LogP contribution in [0.5, 0.6) is 0 Å². The van der Waals surface area contributed by atoms with Crippen molar-refractivity contribution in [1.29, 1.82) is 0 Å². The van der Waals surface area contributed by atoms with Gasteiger partial charge in [0.25, 0.3) is 5.91 Å². The zero-order valence-electron chi connectivity index (χ0n) is 17.1. The van der Waals surface area contributed by atoms with Gasteiger partial charge in [0.2, 0.25) is 0 Å². The first-order valence-electron chi connectivity index (χ1n) is 10.2. The van der Waals surface area contributed by atoms with Crippen molar-refractivity contribution in [3.8, 4) is 11.8 Å². The number of carbonyl (C=O) groups is 1. The fourth-order valence-corrected chi connectivity index (χ4v) is 3.78. The summed E-state index contributed by atoms with van der Waals surface area (Å²) < 4.78 is 16.2. The summed E-state index contributed by atoms with van der Waals surface area (Å²) in [7, 11) is 0. The summed E-state index contributed by atoms with van der Waals surface area (Å²) in [5.41, 5.74) is 1.35. The number of benzene rings is 1. The monoisotopic (exact) mass is 453 g/mol. The number of hydrogen-bond donors (Lipinski definition) is 2. The minimum atomic E-state index is -0.698. The lowest BCUT2D eigenvalue weighted by molar-refractivity contribution is 0.0718. The molecule has 0 atom stereocenters. The van der Waals surface area contributed by atoms with Crippen molar-refractivity contribution >= 4 is 23.3 Å². The smallest absolute Gasteiger partial charge is 0.276 e. The molecule has 0 saturated carbocycles. The van der Waals surface area contributed by atoms with E-state index in [4.69, 9.17) is 11.6 Å². The molecule has 0 radical (unpaired) electrons. The molecule has 3 aromatic rings. The Morgan fingerprint density at radius 1 is 1.19 bits per heavy atom. The standard InChI is InChI=1S/C23H21ClFN5O2/c24-19-14-27-30(18-8-10-29(15-31)11-9-18)21(19)23(32)28-22-20(25)12-17(13-26-22)7-6-16-4-2-1-3-5-16/h1-5,12-14,18,31H,8-11,15H2,(H,26,28,32). The highest BCUT2D eigenvalue weighted by atomic mass is 35.5. The summed E-state index contributed by atoms with van der Waals surface area (Å²) in [4.78, 5) is 18.8. The van der Waals surface area contributed by atoms with Crippen LogP contribution in [-0.4, -0.2) is 50.5 Å². The number of halogens is 2. The molecular formula is C23H21ClFN5O2. The average Bonchev–Trinajstić information content (AvgIpc) is 3.21. The van der Waals surface area contributed by atoms with E-state index in [1.54, 1.807) is 4.68 Å². The number of rotatable bonds is 4. The molecule has 0 unspecified atom stereocenters. The maximum Gasteiger partial charge on any atom is 0.276 e. The normalized spacial score (nSPS) is 14.6. The number of aromatic nitrogens is 3. The van der Waals surface area contributed by atoms with Crippen molar-refractivity contribution in [2.75, 3.05) is 25.1 Å². The minimum absolute atomic E-state index is 0.00338. The summed E-state index contributed by atoms with van der Waals surface area (Å²) in [6.45, 7) is 1.36. The van der Waals surface area contributed by atoms with Gasteiger partial charge in [-0.25, -0.2) is 9.37 Å². The van der Waals surface area contributed by atoms with Gasteiger partial charge < -0.3 is 10.4 Å². The van der Waals surface area contributed by atoms with Crippen LogP contribution in [0.25, 0.3) is 0 Å². The fourth-order valence-electron chi connectivity index (χ4n) is 3.57. The maximum atomic E-state index is 14.6. The van der Waals surface area contributed by atoms with E-state index in [-0.39, 0.29) is 29.3 Å². The number of pyridine rings is 1. The average molecular weight is 454 g/mol. The van der Waals surface area contributed by atoms with Gasteiger partial charge in [-0.15, -0.1) is 0 Å². The quantitative estimate of drug-likeness (QED) is 0.592. The van der Waals surface area contributed by atoms with Crippen LogP contribution in [0.4, 0.5) is 10.2 Å². The molecule has 2 aromatic heterocycles. The zero-order valence-corrected chi connectivity index (χ0v) is 17.9. The third-order valence-electron chi connectivity index (χ3n) is 5.27. The van der Waals surface area contributed by atoms with Gasteiger partial charge in [0.1, 0.15) is 5.69 Å². The largest absolute Gasteiger partial charge is 0.381 e. The Labute approximate surface area is 189 Å². The first-order chi connectivity index (χ1) is 15.5. The Morgan fingerprint density at radius 3 is 2.59 bits per heavy atom. The van der Waals surface area contributed by atoms with Crippen molar-refractivity contribution in [2.24, 2.45) is 0 Å². The van der Waals surface area contributed by atoms with E-state index in [0.717, 1.165) is 5.56 Å². The lowest BCUT2D eigenvalue weighted by atomic mass is 10.1. The number of likely N-dealkylation sites (tertiary alicyclic amines) is 1. The molecule has 164 valence electrons. The summed E-state index contributed by atoms with van der Waals surface area (Å²) in [6, 6.07) is 10.5. The summed E-state index contributed by atoms with van der Waals surface area (Å²) >= 11 is 6.22. The molecule has 0 bridgehead atoms. The number of piperidine rings is 1. The molecule has 1 aliphatic rings. The van der Waals surface area contributed by atoms with Crippen LogP contribution >= 0.6 is 11.6 Å². The Kier molecular flexibility index (Phi) is 6.81. The number of hydrogen-bond acceptors (Lipinski definition) is 5. The highest BCUT2D eigenvalue weighted by molar-refractivity contribution is 6.34. The topological polar surface area (TPSA) is 83.3 Å². The first kappa shape index (κ1) is 22.0. The second kappa shape index (κ2) is 9.92. The van der Waals surface area contributed by atoms with E-state index in [2.05, 4.69) is 27.2 Å². The van der Waals surface area contributed by atoms with E-state index >= 15 is 0 Å². The van der Waals surface area contributed by atoms with Crippen LogP contribution in [0.3, 0.4) is 0 Å². The van der Waals surface area contributed by atoms with Gasteiger partial charge in [0, 0.05) is 30.4 Å². The van der Waals surface area contributed by atoms with E-state index in [9.17, 15) is 14.3 Å². The van der Waals surface area contributed by atoms with Crippen molar-refractivity contribution in [3.05, 3.63) is 76.5 Å². The van der Waals surface area contributed by atoms with Crippen LogP contribution in [0.2, 0.25) is 5.02 Å². The van der Waals surface area contributed by atoms with E-state index in [1.807, 2.05) is 35.2 Å². The van der Waals surface area contributed by atoms with Crippen molar-refractivity contribution < 1.29 is 14.3 Å². The number of aliphatic hydroxyl groups is 1. The molecule has 1 saturated heterocycles. The maximum absolute atomic E-state index is 14.6. The lowest BCUT2D eigenvalue weighted by Gasteiger charge is -2.31. The van der Waals surface area contributed by atoms with Gasteiger partial charge in [0.15, 0.2) is 11.6 Å². The van der Waals surface area contributed by atoms with E-state index in [0.29, 0.717) is 31.5 Å². The highest BCUT2D eigenvalue weighted by Crippen LogP contribution is 2.27. The van der Waals surface area contributed by atoms with E-state index < -0.39 is 11.7 Å². The third-order valence-corrected chi connectivity index (χ3v) is 5.54. The fraction of sp³-hybridized carbons (Fsp3) is 0.261. The van der Waals surface area contributed by atoms with Gasteiger partial charge in [-0.3, -0.25) is 14.4 Å². The van der Waals surface area contributed by atoms with Crippen molar-refractivity contribution in [3.63, 3.8) is 0 Å². The van der Waals surface area contributed by atoms with Crippen LogP contribution in [-0.2, 0) is 0 Å². The molecule has 0 aliphatic carbocycles. The van der Waals surface area contributed by atoms with Gasteiger partial charge >= 0.3 is 0 Å². The van der Waals surface area contributed by atoms with Gasteiger partial charge in [0.05, 0.1) is 24.0 Å². The van der Waals surface area contributed by atoms with Crippen LogP contribution in [0.1, 0.15) is 40.5 Å². The predicted molar refractivity (Wildman–Crippen MR) is 119 cm³/mol. The van der Waals surface area contributed by atoms with Gasteiger partial charge in [-0.1, -0.05) is 41.6 Å². The molecule has 1 fully saturated rings. The summed E-state index contributed by atoms with van der Waals surface area (Å²) in [5.74, 6) is 4.30. The van der Waals surface area contributed by atoms with Crippen LogP contribution < -0.4 is 5.32 Å². The number of amides is 1. The number of aliphatic hydroxyl groups excluding tert-OH is 1. The molecule has 1 aliphatic heterocycles. The molecule has 7 nitrogen and oxygen atoms in total. The molecule has 0 spiro atoms. The number of nitrogens with one attached hydrogen (secondary N) is 1. The number of anilines is 1. The molecule has 9 heteroatoms. The van der Waals surface area contributed by atoms with E-state index in [1.165, 1.54) is 18.5 Å². The number of nitrogens with zero attached hydrogens (tertiary/aromatic N) is 4. The third kappa shape index (κ3) is 4.97. The molecule has 1 aromatic carbocycles. The Balaban J connectivity index is 1.49. The van der Waals surface area contributed by atoms with Gasteiger partial charge in [-0.2, -0.15) is 5.10 Å². The Hall–Kier alpha value is -3.25. The lowest BCUT2D eigenvalue weighted by Crippen LogP contribution is -2.36. The van der Waals surface area contributed by atoms with Crippen molar-refractivity contribution in [1.82, 2.24) is 19.7 Å². The SMILES string of the molecule is O=C(Nc1ncc(C#Cc2ccccc2)cc1F)c1c(Cl)cnn1C1CCN(CO)CC1. The second-order valence-electron chi connectivity index (χ2n) is 7.40. The van der Waals surface area contributed by atoms with Crippen LogP contribution in [0, 0.1) is 17.7 Å². The number of carbonyl (C=O) groups excluding carboxylic acids is 1. The second-order valence-corrected chi connectivity index (χ2v) is 7.81. The summed E-state index contributed by atoms with van der Waals surface area (Å²) in [5, 5.41) is 16.2. The van der Waals surface area contributed by atoms with Gasteiger partial charge in [-0.05, 0) is 31.0 Å². The van der Waals surface area contributed by atoms with Crippen LogP contribution in [0.15, 0.2) is 48.8 Å². The highest BCUT2D eigenvalue weighted by Gasteiger charge is 2.27. The Bertz CT molecular complexity index is 1160. The predicted octanol–water partition coefficient (Wildman–Crippen LogP) is 3.31. The molecule has 32 heavy (non-hydrogen) atoms. The molecule has 2 N–H and O–H groups in total. The molecule has 3 heterocycles. The molecular weight excluding hydrogens is 433 g/mol.